The van der Waals surface area contributed by atoms with Crippen LogP contribution in [0.3, 0.4) is 0 Å². The predicted octanol–water partition coefficient (Wildman–Crippen LogP) is 0.955. The molecule has 0 fully saturated rings. The summed E-state index contributed by atoms with van der Waals surface area (Å²) in [6.45, 7) is 2.56. The van der Waals surface area contributed by atoms with Gasteiger partial charge in [-0.1, -0.05) is 18.2 Å². The first-order valence-corrected chi connectivity index (χ1v) is 9.23. The second-order valence-electron chi connectivity index (χ2n) is 5.80. The van der Waals surface area contributed by atoms with Crippen LogP contribution in [0.1, 0.15) is 12.5 Å². The van der Waals surface area contributed by atoms with E-state index in [1.807, 2.05) is 30.5 Å². The predicted molar refractivity (Wildman–Crippen MR) is 94.9 cm³/mol. The molecule has 7 nitrogen and oxygen atoms in total. The monoisotopic (exact) mass is 352 g/mol. The molecule has 0 aliphatic heterocycles. The smallest absolute Gasteiger partial charge is 0.278 e. The molecule has 0 spiro atoms. The lowest BCUT2D eigenvalue weighted by molar-refractivity contribution is -0.128. The lowest BCUT2D eigenvalue weighted by atomic mass is 10.1. The number of carbonyl (C=O) groups is 1. The van der Waals surface area contributed by atoms with Crippen molar-refractivity contribution in [3.8, 4) is 0 Å². The summed E-state index contributed by atoms with van der Waals surface area (Å²) in [5.41, 5.74) is 2.21. The standard InChI is InChI=1S/C16H24N4O3S/c1-13(21)20(11-9-18-24(22,23)19(2)3)10-8-14-12-17-16-7-5-4-6-15(14)16/h4-7,12,17-18H,8-11H2,1-3H3. The molecule has 0 bridgehead atoms. The number of rotatable bonds is 8. The number of aromatic nitrogens is 1. The fourth-order valence-corrected chi connectivity index (χ4v) is 3.07. The van der Waals surface area contributed by atoms with Crippen LogP contribution in [-0.2, 0) is 21.4 Å². The largest absolute Gasteiger partial charge is 0.361 e. The highest BCUT2D eigenvalue weighted by Crippen LogP contribution is 2.18. The third kappa shape index (κ3) is 4.56. The molecule has 0 aliphatic rings. The zero-order valence-electron chi connectivity index (χ0n) is 14.2. The molecule has 0 aliphatic carbocycles. The van der Waals surface area contributed by atoms with Gasteiger partial charge in [0.2, 0.25) is 5.91 Å². The van der Waals surface area contributed by atoms with Gasteiger partial charge in [0, 0.05) is 57.8 Å². The summed E-state index contributed by atoms with van der Waals surface area (Å²) in [5, 5.41) is 1.15. The maximum atomic E-state index is 11.8. The highest BCUT2D eigenvalue weighted by molar-refractivity contribution is 7.87. The van der Waals surface area contributed by atoms with E-state index in [2.05, 4.69) is 9.71 Å². The van der Waals surface area contributed by atoms with Crippen molar-refractivity contribution < 1.29 is 13.2 Å². The first-order chi connectivity index (χ1) is 11.3. The SMILES string of the molecule is CC(=O)N(CCNS(=O)(=O)N(C)C)CCc1c[nH]c2ccccc12. The summed E-state index contributed by atoms with van der Waals surface area (Å²) < 4.78 is 26.9. The average molecular weight is 352 g/mol. The van der Waals surface area contributed by atoms with Crippen LogP contribution >= 0.6 is 0 Å². The average Bonchev–Trinajstić information content (AvgIpc) is 2.93. The number of hydrogen-bond donors (Lipinski definition) is 2. The van der Waals surface area contributed by atoms with Crippen LogP contribution in [0.15, 0.2) is 30.5 Å². The van der Waals surface area contributed by atoms with Crippen LogP contribution < -0.4 is 4.72 Å². The summed E-state index contributed by atoms with van der Waals surface area (Å²) in [6, 6.07) is 8.02. The van der Waals surface area contributed by atoms with Gasteiger partial charge in [0.1, 0.15) is 0 Å². The van der Waals surface area contributed by atoms with Crippen LogP contribution in [0.25, 0.3) is 10.9 Å². The minimum atomic E-state index is -3.47. The summed E-state index contributed by atoms with van der Waals surface area (Å²) in [7, 11) is -0.545. The van der Waals surface area contributed by atoms with Gasteiger partial charge in [-0.25, -0.2) is 4.72 Å². The molecule has 2 N–H and O–H groups in total. The molecule has 1 heterocycles. The zero-order valence-corrected chi connectivity index (χ0v) is 15.1. The Labute approximate surface area is 142 Å². The Bertz CT molecular complexity index is 799. The Kier molecular flexibility index (Phi) is 5.98. The Morgan fingerprint density at radius 2 is 1.92 bits per heavy atom. The lowest BCUT2D eigenvalue weighted by Gasteiger charge is -2.22. The van der Waals surface area contributed by atoms with Gasteiger partial charge in [-0.15, -0.1) is 0 Å². The molecule has 1 aromatic carbocycles. The maximum Gasteiger partial charge on any atom is 0.278 e. The van der Waals surface area contributed by atoms with E-state index < -0.39 is 10.2 Å². The van der Waals surface area contributed by atoms with E-state index in [-0.39, 0.29) is 12.5 Å². The first-order valence-electron chi connectivity index (χ1n) is 7.79. The van der Waals surface area contributed by atoms with Crippen molar-refractivity contribution in [2.75, 3.05) is 33.7 Å². The second kappa shape index (κ2) is 7.78. The van der Waals surface area contributed by atoms with Gasteiger partial charge in [0.25, 0.3) is 10.2 Å². The molecule has 0 atom stereocenters. The molecule has 0 saturated heterocycles. The van der Waals surface area contributed by atoms with Crippen molar-refractivity contribution in [2.24, 2.45) is 0 Å². The Morgan fingerprint density at radius 1 is 1.21 bits per heavy atom. The number of carbonyl (C=O) groups excluding carboxylic acids is 1. The molecule has 24 heavy (non-hydrogen) atoms. The molecule has 1 amide bonds. The molecule has 2 rings (SSSR count). The van der Waals surface area contributed by atoms with E-state index in [0.29, 0.717) is 19.5 Å². The van der Waals surface area contributed by atoms with Crippen molar-refractivity contribution in [1.29, 1.82) is 0 Å². The van der Waals surface area contributed by atoms with Crippen LogP contribution in [0.4, 0.5) is 0 Å². The topological polar surface area (TPSA) is 85.5 Å². The van der Waals surface area contributed by atoms with Gasteiger partial charge in [-0.2, -0.15) is 12.7 Å². The number of aromatic amines is 1. The minimum Gasteiger partial charge on any atom is -0.361 e. The quantitative estimate of drug-likeness (QED) is 0.742. The van der Waals surface area contributed by atoms with Crippen molar-refractivity contribution >= 4 is 27.0 Å². The Balaban J connectivity index is 1.93. The Morgan fingerprint density at radius 3 is 2.58 bits per heavy atom. The molecule has 0 radical (unpaired) electrons. The molecule has 8 heteroatoms. The number of para-hydroxylation sites is 1. The molecular formula is C16H24N4O3S. The summed E-state index contributed by atoms with van der Waals surface area (Å²) in [4.78, 5) is 16.7. The fourth-order valence-electron chi connectivity index (χ4n) is 2.46. The molecule has 132 valence electrons. The number of nitrogens with one attached hydrogen (secondary N) is 2. The molecule has 0 saturated carbocycles. The van der Waals surface area contributed by atoms with E-state index >= 15 is 0 Å². The summed E-state index contributed by atoms with van der Waals surface area (Å²) in [6.07, 6.45) is 2.67. The van der Waals surface area contributed by atoms with Gasteiger partial charge >= 0.3 is 0 Å². The minimum absolute atomic E-state index is 0.0705. The van der Waals surface area contributed by atoms with Crippen LogP contribution in [-0.4, -0.2) is 62.2 Å². The van der Waals surface area contributed by atoms with E-state index in [1.165, 1.54) is 21.0 Å². The van der Waals surface area contributed by atoms with Crippen molar-refractivity contribution in [1.82, 2.24) is 18.9 Å². The van der Waals surface area contributed by atoms with E-state index in [9.17, 15) is 13.2 Å². The number of H-pyrrole nitrogens is 1. The lowest BCUT2D eigenvalue weighted by Crippen LogP contribution is -2.42. The first kappa shape index (κ1) is 18.4. The van der Waals surface area contributed by atoms with Crippen LogP contribution in [0, 0.1) is 0 Å². The number of fused-ring (bicyclic) bond motifs is 1. The van der Waals surface area contributed by atoms with E-state index in [0.717, 1.165) is 20.8 Å². The number of hydrogen-bond acceptors (Lipinski definition) is 3. The van der Waals surface area contributed by atoms with Gasteiger partial charge in [0.05, 0.1) is 0 Å². The van der Waals surface area contributed by atoms with E-state index in [1.54, 1.807) is 4.90 Å². The van der Waals surface area contributed by atoms with Gasteiger partial charge in [-0.05, 0) is 18.1 Å². The Hall–Kier alpha value is -1.90. The van der Waals surface area contributed by atoms with Gasteiger partial charge in [-0.3, -0.25) is 4.79 Å². The van der Waals surface area contributed by atoms with Gasteiger partial charge < -0.3 is 9.88 Å². The summed E-state index contributed by atoms with van der Waals surface area (Å²) in [5.74, 6) is -0.0705. The van der Waals surface area contributed by atoms with Gasteiger partial charge in [0.15, 0.2) is 0 Å². The van der Waals surface area contributed by atoms with Crippen molar-refractivity contribution in [2.45, 2.75) is 13.3 Å². The number of benzene rings is 1. The molecular weight excluding hydrogens is 328 g/mol. The van der Waals surface area contributed by atoms with Crippen LogP contribution in [0.2, 0.25) is 0 Å². The normalized spacial score (nSPS) is 12.0. The number of amides is 1. The molecule has 2 aromatic rings. The second-order valence-corrected chi connectivity index (χ2v) is 7.77. The highest BCUT2D eigenvalue weighted by Gasteiger charge is 2.15. The van der Waals surface area contributed by atoms with Crippen molar-refractivity contribution in [3.63, 3.8) is 0 Å². The fraction of sp³-hybridized carbons (Fsp3) is 0.438. The molecule has 1 aromatic heterocycles. The summed E-state index contributed by atoms with van der Waals surface area (Å²) >= 11 is 0. The molecule has 0 unspecified atom stereocenters. The van der Waals surface area contributed by atoms with E-state index in [4.69, 9.17) is 0 Å². The third-order valence-corrected chi connectivity index (χ3v) is 5.45. The zero-order chi connectivity index (χ0) is 17.7. The maximum absolute atomic E-state index is 11.8. The van der Waals surface area contributed by atoms with Crippen molar-refractivity contribution in [3.05, 3.63) is 36.0 Å². The highest BCUT2D eigenvalue weighted by atomic mass is 32.2. The third-order valence-electron chi connectivity index (χ3n) is 3.92. The number of nitrogens with zero attached hydrogens (tertiary/aromatic N) is 2. The van der Waals surface area contributed by atoms with Crippen LogP contribution in [0.5, 0.6) is 0 Å².